The minimum atomic E-state index is 0.103. The van der Waals surface area contributed by atoms with Gasteiger partial charge in [-0.25, -0.2) is 9.97 Å². The Morgan fingerprint density at radius 1 is 1.07 bits per heavy atom. The molecule has 136 valence electrons. The molecule has 0 bridgehead atoms. The standard InChI is InChI=1S/C22H21N3O2/c1-27-18-9-7-16(8-10-18)17-11-20-19(21(26)12-17)14-24-22(25-20)23-13-15-5-3-2-4-6-15/h2-10,14,17H,11-13H2,1H3,(H,23,24,25). The molecule has 5 heteroatoms. The van der Waals surface area contributed by atoms with Gasteiger partial charge in [-0.15, -0.1) is 0 Å². The first-order valence-electron chi connectivity index (χ1n) is 9.04. The van der Waals surface area contributed by atoms with E-state index in [-0.39, 0.29) is 11.7 Å². The van der Waals surface area contributed by atoms with Crippen LogP contribution in [0.25, 0.3) is 0 Å². The molecule has 4 rings (SSSR count). The molecule has 3 aromatic rings. The molecule has 0 amide bonds. The van der Waals surface area contributed by atoms with Gasteiger partial charge in [-0.05, 0) is 35.6 Å². The second-order valence-corrected chi connectivity index (χ2v) is 6.69. The van der Waals surface area contributed by atoms with E-state index in [1.165, 1.54) is 0 Å². The Hall–Kier alpha value is -3.21. The minimum absolute atomic E-state index is 0.103. The number of nitrogens with one attached hydrogen (secondary N) is 1. The maximum absolute atomic E-state index is 12.6. The number of benzene rings is 2. The van der Waals surface area contributed by atoms with E-state index in [1.807, 2.05) is 42.5 Å². The minimum Gasteiger partial charge on any atom is -0.497 e. The summed E-state index contributed by atoms with van der Waals surface area (Å²) in [4.78, 5) is 21.5. The second kappa shape index (κ2) is 7.58. The van der Waals surface area contributed by atoms with Crippen LogP contribution in [-0.4, -0.2) is 22.9 Å². The zero-order valence-corrected chi connectivity index (χ0v) is 15.2. The molecule has 1 heterocycles. The summed E-state index contributed by atoms with van der Waals surface area (Å²) in [6.07, 6.45) is 2.87. The second-order valence-electron chi connectivity index (χ2n) is 6.69. The number of rotatable bonds is 5. The lowest BCUT2D eigenvalue weighted by Gasteiger charge is -2.23. The van der Waals surface area contributed by atoms with Crippen molar-refractivity contribution < 1.29 is 9.53 Å². The van der Waals surface area contributed by atoms with Crippen LogP contribution in [0.2, 0.25) is 0 Å². The molecule has 1 atom stereocenters. The maximum atomic E-state index is 12.6. The monoisotopic (exact) mass is 359 g/mol. The van der Waals surface area contributed by atoms with Gasteiger partial charge in [0.05, 0.1) is 18.4 Å². The zero-order chi connectivity index (χ0) is 18.6. The molecule has 1 N–H and O–H groups in total. The number of Topliss-reactive ketones (excluding diaryl/α,β-unsaturated/α-hetero) is 1. The quantitative estimate of drug-likeness (QED) is 0.746. The van der Waals surface area contributed by atoms with Crippen LogP contribution in [0.5, 0.6) is 5.75 Å². The summed E-state index contributed by atoms with van der Waals surface area (Å²) >= 11 is 0. The van der Waals surface area contributed by atoms with Gasteiger partial charge in [0.25, 0.3) is 0 Å². The van der Waals surface area contributed by atoms with Crippen molar-refractivity contribution in [2.24, 2.45) is 0 Å². The van der Waals surface area contributed by atoms with Gasteiger partial charge in [0, 0.05) is 19.2 Å². The third-order valence-electron chi connectivity index (χ3n) is 4.92. The molecule has 0 saturated heterocycles. The highest BCUT2D eigenvalue weighted by Gasteiger charge is 2.28. The van der Waals surface area contributed by atoms with Gasteiger partial charge in [-0.1, -0.05) is 42.5 Å². The largest absolute Gasteiger partial charge is 0.497 e. The fourth-order valence-corrected chi connectivity index (χ4v) is 3.42. The number of fused-ring (bicyclic) bond motifs is 1. The smallest absolute Gasteiger partial charge is 0.223 e. The van der Waals surface area contributed by atoms with Gasteiger partial charge in [0.15, 0.2) is 5.78 Å². The fourth-order valence-electron chi connectivity index (χ4n) is 3.42. The molecule has 5 nitrogen and oxygen atoms in total. The molecule has 2 aromatic carbocycles. The molecule has 0 spiro atoms. The number of methoxy groups -OCH3 is 1. The van der Waals surface area contributed by atoms with Crippen molar-refractivity contribution in [3.63, 3.8) is 0 Å². The van der Waals surface area contributed by atoms with Gasteiger partial charge in [0.2, 0.25) is 5.95 Å². The van der Waals surface area contributed by atoms with E-state index in [0.29, 0.717) is 24.5 Å². The van der Waals surface area contributed by atoms with Gasteiger partial charge in [0.1, 0.15) is 5.75 Å². The van der Waals surface area contributed by atoms with Crippen molar-refractivity contribution in [1.82, 2.24) is 9.97 Å². The molecule has 1 aliphatic carbocycles. The molecular weight excluding hydrogens is 338 g/mol. The summed E-state index contributed by atoms with van der Waals surface area (Å²) in [7, 11) is 1.65. The molecule has 0 aliphatic heterocycles. The first kappa shape index (κ1) is 17.2. The van der Waals surface area contributed by atoms with Gasteiger partial charge < -0.3 is 10.1 Å². The zero-order valence-electron chi connectivity index (χ0n) is 15.2. The number of hydrogen-bond acceptors (Lipinski definition) is 5. The Morgan fingerprint density at radius 3 is 2.59 bits per heavy atom. The topological polar surface area (TPSA) is 64.1 Å². The number of ether oxygens (including phenoxy) is 1. The molecule has 1 aliphatic rings. The number of nitrogens with zero attached hydrogens (tertiary/aromatic N) is 2. The molecule has 27 heavy (non-hydrogen) atoms. The first-order valence-corrected chi connectivity index (χ1v) is 9.04. The highest BCUT2D eigenvalue weighted by molar-refractivity contribution is 5.98. The molecule has 0 radical (unpaired) electrons. The van der Waals surface area contributed by atoms with Gasteiger partial charge >= 0.3 is 0 Å². The SMILES string of the molecule is COc1ccc(C2CC(=O)c3cnc(NCc4ccccc4)nc3C2)cc1. The predicted molar refractivity (Wildman–Crippen MR) is 104 cm³/mol. The van der Waals surface area contributed by atoms with Crippen molar-refractivity contribution in [2.45, 2.75) is 25.3 Å². The van der Waals surface area contributed by atoms with Crippen LogP contribution in [0.1, 0.15) is 39.5 Å². The van der Waals surface area contributed by atoms with E-state index in [9.17, 15) is 4.79 Å². The number of anilines is 1. The van der Waals surface area contributed by atoms with Crippen molar-refractivity contribution in [3.8, 4) is 5.75 Å². The third-order valence-corrected chi connectivity index (χ3v) is 4.92. The Kier molecular flexibility index (Phi) is 4.83. The van der Waals surface area contributed by atoms with Crippen molar-refractivity contribution in [2.75, 3.05) is 12.4 Å². The number of carbonyl (C=O) groups excluding carboxylic acids is 1. The van der Waals surface area contributed by atoms with E-state index in [1.54, 1.807) is 13.3 Å². The van der Waals surface area contributed by atoms with Crippen molar-refractivity contribution in [1.29, 1.82) is 0 Å². The van der Waals surface area contributed by atoms with E-state index in [0.717, 1.165) is 29.0 Å². The number of aromatic nitrogens is 2. The predicted octanol–water partition coefficient (Wildman–Crippen LogP) is 4.01. The highest BCUT2D eigenvalue weighted by Crippen LogP contribution is 2.32. The first-order chi connectivity index (χ1) is 13.2. The fraction of sp³-hybridized carbons (Fsp3) is 0.227. The van der Waals surface area contributed by atoms with E-state index >= 15 is 0 Å². The lowest BCUT2D eigenvalue weighted by molar-refractivity contribution is 0.0962. The lowest BCUT2D eigenvalue weighted by Crippen LogP contribution is -2.21. The molecule has 0 saturated carbocycles. The Morgan fingerprint density at radius 2 is 1.85 bits per heavy atom. The molecular formula is C22H21N3O2. The third kappa shape index (κ3) is 3.82. The number of hydrogen-bond donors (Lipinski definition) is 1. The maximum Gasteiger partial charge on any atom is 0.223 e. The van der Waals surface area contributed by atoms with Crippen LogP contribution < -0.4 is 10.1 Å². The van der Waals surface area contributed by atoms with Crippen LogP contribution in [-0.2, 0) is 13.0 Å². The molecule has 1 unspecified atom stereocenters. The lowest BCUT2D eigenvalue weighted by atomic mass is 9.82. The summed E-state index contributed by atoms with van der Waals surface area (Å²) in [5.74, 6) is 1.61. The number of carbonyl (C=O) groups is 1. The summed E-state index contributed by atoms with van der Waals surface area (Å²) in [5.41, 5.74) is 3.75. The van der Waals surface area contributed by atoms with Crippen molar-refractivity contribution >= 4 is 11.7 Å². The Bertz CT molecular complexity index is 940. The van der Waals surface area contributed by atoms with Crippen LogP contribution in [0.15, 0.2) is 60.8 Å². The van der Waals surface area contributed by atoms with Crippen LogP contribution in [0.3, 0.4) is 0 Å². The molecule has 1 aromatic heterocycles. The van der Waals surface area contributed by atoms with E-state index in [4.69, 9.17) is 4.74 Å². The van der Waals surface area contributed by atoms with Gasteiger partial charge in [-0.2, -0.15) is 0 Å². The average molecular weight is 359 g/mol. The van der Waals surface area contributed by atoms with E-state index < -0.39 is 0 Å². The summed E-state index contributed by atoms with van der Waals surface area (Å²) in [5, 5.41) is 3.25. The number of ketones is 1. The van der Waals surface area contributed by atoms with Gasteiger partial charge in [-0.3, -0.25) is 4.79 Å². The van der Waals surface area contributed by atoms with Crippen LogP contribution >= 0.6 is 0 Å². The van der Waals surface area contributed by atoms with Crippen LogP contribution in [0.4, 0.5) is 5.95 Å². The van der Waals surface area contributed by atoms with E-state index in [2.05, 4.69) is 27.4 Å². The van der Waals surface area contributed by atoms with Crippen molar-refractivity contribution in [3.05, 3.63) is 83.2 Å². The summed E-state index contributed by atoms with van der Waals surface area (Å²) in [6, 6.07) is 18.0. The van der Waals surface area contributed by atoms with Crippen LogP contribution in [0, 0.1) is 0 Å². The summed E-state index contributed by atoms with van der Waals surface area (Å²) in [6.45, 7) is 0.648. The summed E-state index contributed by atoms with van der Waals surface area (Å²) < 4.78 is 5.22. The Labute approximate surface area is 158 Å². The highest BCUT2D eigenvalue weighted by atomic mass is 16.5. The normalized spacial score (nSPS) is 15.9. The average Bonchev–Trinajstić information content (AvgIpc) is 2.73. The molecule has 0 fully saturated rings. The Balaban J connectivity index is 1.52.